The van der Waals surface area contributed by atoms with E-state index in [-0.39, 0.29) is 17.9 Å². The molecule has 2 aromatic heterocycles. The van der Waals surface area contributed by atoms with Gasteiger partial charge in [-0.2, -0.15) is 5.10 Å². The zero-order chi connectivity index (χ0) is 16.6. The number of hydrogen-bond donors (Lipinski definition) is 3. The van der Waals surface area contributed by atoms with Crippen LogP contribution in [0.25, 0.3) is 10.2 Å². The maximum absolute atomic E-state index is 12.4. The first-order chi connectivity index (χ1) is 11.0. The molecule has 124 valence electrons. The molecule has 0 radical (unpaired) electrons. The van der Waals surface area contributed by atoms with Crippen molar-refractivity contribution >= 4 is 33.4 Å². The van der Waals surface area contributed by atoms with Gasteiger partial charge in [0.1, 0.15) is 10.9 Å². The molecule has 2 unspecified atom stereocenters. The van der Waals surface area contributed by atoms with Crippen LogP contribution in [0.1, 0.15) is 28.7 Å². The molecule has 0 aromatic carbocycles. The number of rotatable bonds is 4. The van der Waals surface area contributed by atoms with Crippen molar-refractivity contribution in [1.82, 2.24) is 25.7 Å². The number of thiophene rings is 1. The molecule has 0 spiro atoms. The van der Waals surface area contributed by atoms with Crippen molar-refractivity contribution in [3.05, 3.63) is 16.6 Å². The SMILES string of the molecule is Cc1nn(C)c2sc(C(=O)NC(C)C(=O)NC3CCNC3)cc12. The van der Waals surface area contributed by atoms with Gasteiger partial charge in [0.05, 0.1) is 10.6 Å². The summed E-state index contributed by atoms with van der Waals surface area (Å²) in [7, 11) is 1.86. The number of amides is 2. The van der Waals surface area contributed by atoms with E-state index in [1.54, 1.807) is 11.6 Å². The molecule has 23 heavy (non-hydrogen) atoms. The van der Waals surface area contributed by atoms with Crippen LogP contribution in [-0.4, -0.2) is 46.8 Å². The lowest BCUT2D eigenvalue weighted by Gasteiger charge is -2.17. The molecule has 0 bridgehead atoms. The maximum atomic E-state index is 12.4. The van der Waals surface area contributed by atoms with Crippen molar-refractivity contribution in [3.63, 3.8) is 0 Å². The molecule has 1 fully saturated rings. The van der Waals surface area contributed by atoms with E-state index in [9.17, 15) is 9.59 Å². The number of nitrogens with zero attached hydrogens (tertiary/aromatic N) is 2. The third-order valence-electron chi connectivity index (χ3n) is 4.07. The van der Waals surface area contributed by atoms with Crippen molar-refractivity contribution in [2.75, 3.05) is 13.1 Å². The van der Waals surface area contributed by atoms with Crippen LogP contribution in [-0.2, 0) is 11.8 Å². The van der Waals surface area contributed by atoms with E-state index in [1.165, 1.54) is 11.3 Å². The normalized spacial score (nSPS) is 19.0. The molecule has 8 heteroatoms. The van der Waals surface area contributed by atoms with Crippen LogP contribution < -0.4 is 16.0 Å². The minimum atomic E-state index is -0.562. The van der Waals surface area contributed by atoms with E-state index in [4.69, 9.17) is 0 Å². The highest BCUT2D eigenvalue weighted by molar-refractivity contribution is 7.20. The molecule has 0 saturated carbocycles. The summed E-state index contributed by atoms with van der Waals surface area (Å²) in [5, 5.41) is 14.2. The third kappa shape index (κ3) is 3.23. The van der Waals surface area contributed by atoms with E-state index in [0.717, 1.165) is 35.4 Å². The molecule has 2 atom stereocenters. The first-order valence-corrected chi connectivity index (χ1v) is 8.52. The summed E-state index contributed by atoms with van der Waals surface area (Å²) in [6.45, 7) is 5.33. The first-order valence-electron chi connectivity index (χ1n) is 7.71. The van der Waals surface area contributed by atoms with Gasteiger partial charge in [0.2, 0.25) is 5.91 Å². The van der Waals surface area contributed by atoms with Gasteiger partial charge in [0, 0.05) is 25.0 Å². The van der Waals surface area contributed by atoms with E-state index in [1.807, 2.05) is 20.0 Å². The monoisotopic (exact) mass is 335 g/mol. The van der Waals surface area contributed by atoms with Crippen LogP contribution in [0, 0.1) is 6.92 Å². The number of hydrogen-bond acceptors (Lipinski definition) is 5. The third-order valence-corrected chi connectivity index (χ3v) is 5.27. The molecule has 1 aliphatic heterocycles. The van der Waals surface area contributed by atoms with Crippen molar-refractivity contribution in [3.8, 4) is 0 Å². The fraction of sp³-hybridized carbons (Fsp3) is 0.533. The Labute approximate surface area is 138 Å². The van der Waals surface area contributed by atoms with Gasteiger partial charge in [-0.15, -0.1) is 11.3 Å². The van der Waals surface area contributed by atoms with Gasteiger partial charge in [0.15, 0.2) is 0 Å². The summed E-state index contributed by atoms with van der Waals surface area (Å²) in [6.07, 6.45) is 0.926. The zero-order valence-corrected chi connectivity index (χ0v) is 14.3. The van der Waals surface area contributed by atoms with Gasteiger partial charge in [-0.25, -0.2) is 0 Å². The molecule has 0 aliphatic carbocycles. The second-order valence-corrected chi connectivity index (χ2v) is 6.96. The highest BCUT2D eigenvalue weighted by Crippen LogP contribution is 2.27. The largest absolute Gasteiger partial charge is 0.350 e. The van der Waals surface area contributed by atoms with Gasteiger partial charge < -0.3 is 16.0 Å². The van der Waals surface area contributed by atoms with Crippen LogP contribution in [0.5, 0.6) is 0 Å². The quantitative estimate of drug-likeness (QED) is 0.761. The van der Waals surface area contributed by atoms with Crippen LogP contribution >= 0.6 is 11.3 Å². The van der Waals surface area contributed by atoms with E-state index in [0.29, 0.717) is 4.88 Å². The topological polar surface area (TPSA) is 88.0 Å². The van der Waals surface area contributed by atoms with Crippen LogP contribution in [0.2, 0.25) is 0 Å². The molecular formula is C15H21N5O2S. The number of carbonyl (C=O) groups is 2. The average molecular weight is 335 g/mol. The highest BCUT2D eigenvalue weighted by atomic mass is 32.1. The first kappa shape index (κ1) is 15.9. The number of nitrogens with one attached hydrogen (secondary N) is 3. The van der Waals surface area contributed by atoms with Crippen LogP contribution in [0.4, 0.5) is 0 Å². The molecule has 1 saturated heterocycles. The van der Waals surface area contributed by atoms with Gasteiger partial charge in [0.25, 0.3) is 5.91 Å². The Balaban J connectivity index is 1.64. The van der Waals surface area contributed by atoms with Gasteiger partial charge in [-0.1, -0.05) is 0 Å². The number of aryl methyl sites for hydroxylation is 2. The zero-order valence-electron chi connectivity index (χ0n) is 13.5. The van der Waals surface area contributed by atoms with Crippen molar-refractivity contribution < 1.29 is 9.59 Å². The molecule has 3 rings (SSSR count). The standard InChI is InChI=1S/C15H21N5O2S/c1-8-11-6-12(23-15(11)20(3)19-8)14(22)17-9(2)13(21)18-10-4-5-16-7-10/h6,9-10,16H,4-5,7H2,1-3H3,(H,17,22)(H,18,21). The summed E-state index contributed by atoms with van der Waals surface area (Å²) >= 11 is 1.39. The van der Waals surface area contributed by atoms with Crippen molar-refractivity contribution in [2.24, 2.45) is 7.05 Å². The maximum Gasteiger partial charge on any atom is 0.262 e. The number of carbonyl (C=O) groups excluding carboxylic acids is 2. The number of fused-ring (bicyclic) bond motifs is 1. The second kappa shape index (κ2) is 6.29. The molecule has 2 amide bonds. The van der Waals surface area contributed by atoms with Gasteiger partial charge >= 0.3 is 0 Å². The van der Waals surface area contributed by atoms with Crippen LogP contribution in [0.15, 0.2) is 6.07 Å². The predicted octanol–water partition coefficient (Wildman–Crippen LogP) is 0.540. The summed E-state index contributed by atoms with van der Waals surface area (Å²) in [5.74, 6) is -0.371. The lowest BCUT2D eigenvalue weighted by Crippen LogP contribution is -2.48. The second-order valence-electron chi connectivity index (χ2n) is 5.93. The molecule has 3 heterocycles. The Kier molecular flexibility index (Phi) is 4.36. The average Bonchev–Trinajstić information content (AvgIpc) is 3.19. The summed E-state index contributed by atoms with van der Waals surface area (Å²) in [6, 6.07) is 1.43. The fourth-order valence-corrected chi connectivity index (χ4v) is 3.78. The van der Waals surface area contributed by atoms with Crippen LogP contribution in [0.3, 0.4) is 0 Å². The Morgan fingerprint density at radius 1 is 1.52 bits per heavy atom. The summed E-state index contributed by atoms with van der Waals surface area (Å²) < 4.78 is 1.77. The predicted molar refractivity (Wildman–Crippen MR) is 89.7 cm³/mol. The molecule has 3 N–H and O–H groups in total. The molecule has 2 aromatic rings. The fourth-order valence-electron chi connectivity index (χ4n) is 2.75. The van der Waals surface area contributed by atoms with Crippen molar-refractivity contribution in [2.45, 2.75) is 32.4 Å². The Morgan fingerprint density at radius 2 is 2.30 bits per heavy atom. The summed E-state index contributed by atoms with van der Waals surface area (Å²) in [4.78, 5) is 26.1. The van der Waals surface area contributed by atoms with E-state index in [2.05, 4.69) is 21.0 Å². The minimum absolute atomic E-state index is 0.147. The Morgan fingerprint density at radius 3 is 2.96 bits per heavy atom. The van der Waals surface area contributed by atoms with E-state index < -0.39 is 6.04 Å². The molecular weight excluding hydrogens is 314 g/mol. The Hall–Kier alpha value is -1.93. The molecule has 1 aliphatic rings. The highest BCUT2D eigenvalue weighted by Gasteiger charge is 2.23. The lowest BCUT2D eigenvalue weighted by atomic mass is 10.2. The number of aromatic nitrogens is 2. The van der Waals surface area contributed by atoms with Gasteiger partial charge in [-0.3, -0.25) is 14.3 Å². The minimum Gasteiger partial charge on any atom is -0.350 e. The summed E-state index contributed by atoms with van der Waals surface area (Å²) in [5.41, 5.74) is 0.900. The van der Waals surface area contributed by atoms with Crippen molar-refractivity contribution in [1.29, 1.82) is 0 Å². The lowest BCUT2D eigenvalue weighted by molar-refractivity contribution is -0.123. The molecule has 7 nitrogen and oxygen atoms in total. The van der Waals surface area contributed by atoms with E-state index >= 15 is 0 Å². The smallest absolute Gasteiger partial charge is 0.262 e. The van der Waals surface area contributed by atoms with Gasteiger partial charge in [-0.05, 0) is 32.9 Å². The Bertz CT molecular complexity index is 710.